The lowest BCUT2D eigenvalue weighted by atomic mass is 10.1. The van der Waals surface area contributed by atoms with Gasteiger partial charge in [-0.3, -0.25) is 4.99 Å². The second-order valence-electron chi connectivity index (χ2n) is 6.83. The van der Waals surface area contributed by atoms with Gasteiger partial charge in [-0.05, 0) is 43.0 Å². The molecule has 0 amide bonds. The van der Waals surface area contributed by atoms with Crippen LogP contribution in [0.2, 0.25) is 0 Å². The number of guanidine groups is 1. The SMILES string of the molecule is CN=C(NCCCOc1ccccc1)NCC1CCN(c2ccccc2)C1. The molecule has 2 aromatic rings. The summed E-state index contributed by atoms with van der Waals surface area (Å²) in [6.45, 7) is 4.71. The van der Waals surface area contributed by atoms with Crippen LogP contribution in [0.5, 0.6) is 5.75 Å². The summed E-state index contributed by atoms with van der Waals surface area (Å²) in [4.78, 5) is 6.78. The maximum atomic E-state index is 5.71. The van der Waals surface area contributed by atoms with Gasteiger partial charge in [0.25, 0.3) is 0 Å². The Morgan fingerprint density at radius 3 is 2.56 bits per heavy atom. The molecule has 1 fully saturated rings. The first-order valence-electron chi connectivity index (χ1n) is 9.77. The van der Waals surface area contributed by atoms with Crippen LogP contribution in [-0.4, -0.2) is 45.8 Å². The molecule has 0 spiro atoms. The Bertz CT molecular complexity index is 690. The predicted molar refractivity (Wildman–Crippen MR) is 113 cm³/mol. The van der Waals surface area contributed by atoms with Gasteiger partial charge in [0, 0.05) is 38.9 Å². The van der Waals surface area contributed by atoms with Gasteiger partial charge in [0.1, 0.15) is 5.75 Å². The molecule has 0 aromatic heterocycles. The highest BCUT2D eigenvalue weighted by Gasteiger charge is 2.22. The van der Waals surface area contributed by atoms with E-state index in [1.807, 2.05) is 37.4 Å². The first kappa shape index (κ1) is 19.1. The molecule has 1 unspecified atom stereocenters. The van der Waals surface area contributed by atoms with E-state index in [1.54, 1.807) is 0 Å². The Labute approximate surface area is 162 Å². The summed E-state index contributed by atoms with van der Waals surface area (Å²) >= 11 is 0. The number of para-hydroxylation sites is 2. The van der Waals surface area contributed by atoms with E-state index in [4.69, 9.17) is 4.74 Å². The Morgan fingerprint density at radius 2 is 1.81 bits per heavy atom. The van der Waals surface area contributed by atoms with Gasteiger partial charge in [0.2, 0.25) is 0 Å². The van der Waals surface area contributed by atoms with Crippen LogP contribution in [0.4, 0.5) is 5.69 Å². The number of benzene rings is 2. The Morgan fingerprint density at radius 1 is 1.07 bits per heavy atom. The summed E-state index contributed by atoms with van der Waals surface area (Å²) < 4.78 is 5.71. The molecular weight excluding hydrogens is 336 g/mol. The summed E-state index contributed by atoms with van der Waals surface area (Å²) in [7, 11) is 1.82. The van der Waals surface area contributed by atoms with Crippen molar-refractivity contribution in [3.05, 3.63) is 60.7 Å². The number of nitrogens with one attached hydrogen (secondary N) is 2. The van der Waals surface area contributed by atoms with E-state index in [0.717, 1.165) is 44.3 Å². The van der Waals surface area contributed by atoms with E-state index in [9.17, 15) is 0 Å². The van der Waals surface area contributed by atoms with Gasteiger partial charge >= 0.3 is 0 Å². The van der Waals surface area contributed by atoms with E-state index in [0.29, 0.717) is 12.5 Å². The van der Waals surface area contributed by atoms with Crippen molar-refractivity contribution in [3.63, 3.8) is 0 Å². The molecule has 5 nitrogen and oxygen atoms in total. The number of nitrogens with zero attached hydrogens (tertiary/aromatic N) is 2. The van der Waals surface area contributed by atoms with Crippen LogP contribution in [0.1, 0.15) is 12.8 Å². The number of ether oxygens (including phenoxy) is 1. The first-order chi connectivity index (χ1) is 13.3. The molecule has 27 heavy (non-hydrogen) atoms. The maximum absolute atomic E-state index is 5.71. The molecule has 1 aliphatic heterocycles. The van der Waals surface area contributed by atoms with Gasteiger partial charge < -0.3 is 20.3 Å². The fourth-order valence-electron chi connectivity index (χ4n) is 3.32. The molecule has 2 aromatic carbocycles. The average Bonchev–Trinajstić information content (AvgIpc) is 3.20. The highest BCUT2D eigenvalue weighted by atomic mass is 16.5. The van der Waals surface area contributed by atoms with Crippen LogP contribution in [0.3, 0.4) is 0 Å². The summed E-state index contributed by atoms with van der Waals surface area (Å²) in [5.74, 6) is 2.43. The lowest BCUT2D eigenvalue weighted by molar-refractivity contribution is 0.311. The molecule has 1 saturated heterocycles. The van der Waals surface area contributed by atoms with E-state index in [1.165, 1.54) is 12.1 Å². The summed E-state index contributed by atoms with van der Waals surface area (Å²) in [5, 5.41) is 6.83. The smallest absolute Gasteiger partial charge is 0.190 e. The minimum atomic E-state index is 0.644. The Balaban J connectivity index is 1.30. The molecule has 2 N–H and O–H groups in total. The summed E-state index contributed by atoms with van der Waals surface area (Å²) in [6.07, 6.45) is 2.14. The van der Waals surface area contributed by atoms with Crippen molar-refractivity contribution in [1.29, 1.82) is 0 Å². The van der Waals surface area contributed by atoms with Gasteiger partial charge in [-0.2, -0.15) is 0 Å². The fourth-order valence-corrected chi connectivity index (χ4v) is 3.32. The third kappa shape index (κ3) is 6.20. The van der Waals surface area contributed by atoms with E-state index < -0.39 is 0 Å². The molecule has 0 radical (unpaired) electrons. The third-order valence-corrected chi connectivity index (χ3v) is 4.81. The monoisotopic (exact) mass is 366 g/mol. The predicted octanol–water partition coefficient (Wildman–Crippen LogP) is 3.15. The standard InChI is InChI=1S/C22H30N4O/c1-23-22(24-14-8-16-27-21-11-6-3-7-12-21)25-17-19-13-15-26(18-19)20-9-4-2-5-10-20/h2-7,9-12,19H,8,13-18H2,1H3,(H2,23,24,25). The first-order valence-corrected chi connectivity index (χ1v) is 9.77. The number of hydrogen-bond acceptors (Lipinski definition) is 3. The van der Waals surface area contributed by atoms with Crippen LogP contribution in [-0.2, 0) is 0 Å². The van der Waals surface area contributed by atoms with E-state index in [2.05, 4.69) is 50.9 Å². The molecule has 3 rings (SSSR count). The Hall–Kier alpha value is -2.69. The quantitative estimate of drug-likeness (QED) is 0.428. The van der Waals surface area contributed by atoms with Gasteiger partial charge in [0.15, 0.2) is 5.96 Å². The van der Waals surface area contributed by atoms with Gasteiger partial charge in [0.05, 0.1) is 6.61 Å². The van der Waals surface area contributed by atoms with Crippen LogP contribution < -0.4 is 20.3 Å². The number of rotatable bonds is 8. The molecule has 1 aliphatic rings. The molecule has 1 atom stereocenters. The molecule has 0 saturated carbocycles. The van der Waals surface area contributed by atoms with Crippen molar-refractivity contribution in [2.45, 2.75) is 12.8 Å². The van der Waals surface area contributed by atoms with Crippen molar-refractivity contribution >= 4 is 11.6 Å². The van der Waals surface area contributed by atoms with E-state index >= 15 is 0 Å². The molecule has 0 bridgehead atoms. The maximum Gasteiger partial charge on any atom is 0.190 e. The third-order valence-electron chi connectivity index (χ3n) is 4.81. The zero-order valence-corrected chi connectivity index (χ0v) is 16.1. The zero-order chi connectivity index (χ0) is 18.7. The lowest BCUT2D eigenvalue weighted by Gasteiger charge is -2.19. The highest BCUT2D eigenvalue weighted by Crippen LogP contribution is 2.22. The van der Waals surface area contributed by atoms with Crippen molar-refractivity contribution in [1.82, 2.24) is 10.6 Å². The fraction of sp³-hybridized carbons (Fsp3) is 0.409. The molecular formula is C22H30N4O. The van der Waals surface area contributed by atoms with Crippen molar-refractivity contribution in [3.8, 4) is 5.75 Å². The Kier molecular flexibility index (Phi) is 7.39. The van der Waals surface area contributed by atoms with Crippen LogP contribution >= 0.6 is 0 Å². The van der Waals surface area contributed by atoms with Gasteiger partial charge in [-0.1, -0.05) is 36.4 Å². The second-order valence-corrected chi connectivity index (χ2v) is 6.83. The summed E-state index contributed by atoms with van der Waals surface area (Å²) in [6, 6.07) is 20.6. The minimum Gasteiger partial charge on any atom is -0.494 e. The number of hydrogen-bond donors (Lipinski definition) is 2. The van der Waals surface area contributed by atoms with Crippen LogP contribution in [0.25, 0.3) is 0 Å². The van der Waals surface area contributed by atoms with Crippen molar-refractivity contribution < 1.29 is 4.74 Å². The molecule has 1 heterocycles. The van der Waals surface area contributed by atoms with Crippen molar-refractivity contribution in [2.24, 2.45) is 10.9 Å². The second kappa shape index (κ2) is 10.5. The lowest BCUT2D eigenvalue weighted by Crippen LogP contribution is -2.40. The largest absolute Gasteiger partial charge is 0.494 e. The van der Waals surface area contributed by atoms with E-state index in [-0.39, 0.29) is 0 Å². The number of aliphatic imine (C=N–C) groups is 1. The normalized spacial score (nSPS) is 17.0. The number of anilines is 1. The highest BCUT2D eigenvalue weighted by molar-refractivity contribution is 5.79. The summed E-state index contributed by atoms with van der Waals surface area (Å²) in [5.41, 5.74) is 1.32. The van der Waals surface area contributed by atoms with Crippen molar-refractivity contribution in [2.75, 3.05) is 44.7 Å². The van der Waals surface area contributed by atoms with Crippen LogP contribution in [0.15, 0.2) is 65.7 Å². The molecule has 5 heteroatoms. The molecule has 0 aliphatic carbocycles. The average molecular weight is 367 g/mol. The zero-order valence-electron chi connectivity index (χ0n) is 16.1. The van der Waals surface area contributed by atoms with Crippen LogP contribution in [0, 0.1) is 5.92 Å². The van der Waals surface area contributed by atoms with Gasteiger partial charge in [-0.15, -0.1) is 0 Å². The minimum absolute atomic E-state index is 0.644. The topological polar surface area (TPSA) is 48.9 Å². The molecule has 144 valence electrons. The van der Waals surface area contributed by atoms with Gasteiger partial charge in [-0.25, -0.2) is 0 Å².